The number of alkyl halides is 3. The van der Waals surface area contributed by atoms with Crippen LogP contribution in [0.25, 0.3) is 0 Å². The van der Waals surface area contributed by atoms with Crippen LogP contribution in [0.3, 0.4) is 0 Å². The Bertz CT molecular complexity index is 396. The van der Waals surface area contributed by atoms with E-state index in [9.17, 15) is 18.0 Å². The first kappa shape index (κ1) is 12.9. The number of hydrogen-bond acceptors (Lipinski definition) is 2. The van der Waals surface area contributed by atoms with Gasteiger partial charge in [0.1, 0.15) is 6.04 Å². The van der Waals surface area contributed by atoms with Crippen molar-refractivity contribution >= 4 is 5.91 Å². The fraction of sp³-hybridized carbons (Fsp3) is 0.636. The van der Waals surface area contributed by atoms with Crippen molar-refractivity contribution in [2.45, 2.75) is 37.9 Å². The number of nitrogens with zero attached hydrogens (tertiary/aromatic N) is 1. The summed E-state index contributed by atoms with van der Waals surface area (Å²) in [4.78, 5) is 11.6. The minimum absolute atomic E-state index is 0.113. The van der Waals surface area contributed by atoms with Gasteiger partial charge in [-0.2, -0.15) is 18.3 Å². The first-order valence-corrected chi connectivity index (χ1v) is 5.85. The second-order valence-corrected chi connectivity index (χ2v) is 4.52. The zero-order chi connectivity index (χ0) is 13.2. The molecule has 1 aliphatic rings. The van der Waals surface area contributed by atoms with Crippen molar-refractivity contribution in [3.05, 3.63) is 18.0 Å². The highest BCUT2D eigenvalue weighted by Gasteiger charge is 2.46. The number of carbonyl (C=O) groups is 1. The first-order chi connectivity index (χ1) is 8.48. The van der Waals surface area contributed by atoms with Crippen LogP contribution in [0.4, 0.5) is 13.2 Å². The Morgan fingerprint density at radius 3 is 2.61 bits per heavy atom. The maximum atomic E-state index is 12.9. The lowest BCUT2D eigenvalue weighted by molar-refractivity contribution is -0.164. The number of H-pyrrole nitrogens is 1. The van der Waals surface area contributed by atoms with E-state index in [1.54, 1.807) is 0 Å². The van der Waals surface area contributed by atoms with E-state index in [1.165, 1.54) is 12.4 Å². The van der Waals surface area contributed by atoms with Gasteiger partial charge < -0.3 is 5.32 Å². The lowest BCUT2D eigenvalue weighted by Crippen LogP contribution is -2.49. The van der Waals surface area contributed by atoms with Crippen molar-refractivity contribution in [2.24, 2.45) is 5.92 Å². The molecule has 1 amide bonds. The highest BCUT2D eigenvalue weighted by Crippen LogP contribution is 2.35. The molecule has 0 bridgehead atoms. The molecule has 0 radical (unpaired) electrons. The van der Waals surface area contributed by atoms with Gasteiger partial charge in [0.25, 0.3) is 5.91 Å². The minimum Gasteiger partial charge on any atom is -0.340 e. The molecule has 1 atom stereocenters. The van der Waals surface area contributed by atoms with Crippen LogP contribution in [-0.4, -0.2) is 28.3 Å². The Kier molecular flexibility index (Phi) is 3.58. The topological polar surface area (TPSA) is 57.8 Å². The highest BCUT2D eigenvalue weighted by atomic mass is 19.4. The summed E-state index contributed by atoms with van der Waals surface area (Å²) >= 11 is 0. The normalized spacial score (nSPS) is 18.8. The van der Waals surface area contributed by atoms with Gasteiger partial charge in [-0.1, -0.05) is 12.8 Å². The average molecular weight is 261 g/mol. The number of carbonyl (C=O) groups excluding carboxylic acids is 1. The van der Waals surface area contributed by atoms with Crippen molar-refractivity contribution in [1.29, 1.82) is 0 Å². The van der Waals surface area contributed by atoms with Gasteiger partial charge in [-0.3, -0.25) is 9.89 Å². The molecule has 1 fully saturated rings. The van der Waals surface area contributed by atoms with E-state index >= 15 is 0 Å². The summed E-state index contributed by atoms with van der Waals surface area (Å²) in [7, 11) is 0. The van der Waals surface area contributed by atoms with E-state index in [0.717, 1.165) is 12.8 Å². The Labute approximate surface area is 102 Å². The van der Waals surface area contributed by atoms with Crippen LogP contribution in [0.15, 0.2) is 12.4 Å². The number of amides is 1. The third kappa shape index (κ3) is 2.83. The van der Waals surface area contributed by atoms with Crippen LogP contribution < -0.4 is 5.32 Å². The van der Waals surface area contributed by atoms with Crippen LogP contribution >= 0.6 is 0 Å². The molecule has 2 N–H and O–H groups in total. The zero-order valence-corrected chi connectivity index (χ0v) is 9.63. The molecule has 2 rings (SSSR count). The fourth-order valence-corrected chi connectivity index (χ4v) is 2.36. The van der Waals surface area contributed by atoms with Crippen molar-refractivity contribution in [3.63, 3.8) is 0 Å². The summed E-state index contributed by atoms with van der Waals surface area (Å²) in [5.41, 5.74) is 0.113. The number of halogens is 3. The minimum atomic E-state index is -4.41. The Morgan fingerprint density at radius 1 is 1.44 bits per heavy atom. The largest absolute Gasteiger partial charge is 0.408 e. The summed E-state index contributed by atoms with van der Waals surface area (Å²) in [6, 6.07) is -1.76. The monoisotopic (exact) mass is 261 g/mol. The smallest absolute Gasteiger partial charge is 0.340 e. The maximum Gasteiger partial charge on any atom is 0.408 e. The van der Waals surface area contributed by atoms with Crippen molar-refractivity contribution < 1.29 is 18.0 Å². The maximum absolute atomic E-state index is 12.9. The van der Waals surface area contributed by atoms with Gasteiger partial charge in [0.2, 0.25) is 0 Å². The number of aromatic nitrogens is 2. The van der Waals surface area contributed by atoms with Gasteiger partial charge in [0.05, 0.1) is 11.8 Å². The molecule has 18 heavy (non-hydrogen) atoms. The van der Waals surface area contributed by atoms with Crippen LogP contribution in [-0.2, 0) is 0 Å². The molecule has 0 aliphatic heterocycles. The number of hydrogen-bond donors (Lipinski definition) is 2. The third-order valence-electron chi connectivity index (χ3n) is 3.27. The van der Waals surface area contributed by atoms with Crippen LogP contribution in [0.1, 0.15) is 36.0 Å². The van der Waals surface area contributed by atoms with Gasteiger partial charge in [-0.25, -0.2) is 0 Å². The molecule has 7 heteroatoms. The van der Waals surface area contributed by atoms with Crippen LogP contribution in [0.5, 0.6) is 0 Å². The molecule has 1 aromatic rings. The molecule has 0 spiro atoms. The second-order valence-electron chi connectivity index (χ2n) is 4.52. The van der Waals surface area contributed by atoms with Gasteiger partial charge in [0, 0.05) is 6.20 Å². The quantitative estimate of drug-likeness (QED) is 0.876. The summed E-state index contributed by atoms with van der Waals surface area (Å²) in [5, 5.41) is 8.02. The van der Waals surface area contributed by atoms with Crippen molar-refractivity contribution in [3.8, 4) is 0 Å². The molecule has 1 heterocycles. The van der Waals surface area contributed by atoms with E-state index in [4.69, 9.17) is 0 Å². The average Bonchev–Trinajstić information content (AvgIpc) is 2.96. The van der Waals surface area contributed by atoms with Gasteiger partial charge >= 0.3 is 6.18 Å². The number of aromatic amines is 1. The Hall–Kier alpha value is -1.53. The molecule has 1 aromatic heterocycles. The standard InChI is InChI=1S/C11H14F3N3O/c12-11(13,14)9(7-3-1-2-4-7)17-10(18)8-5-15-16-6-8/h5-7,9H,1-4H2,(H,15,16)(H,17,18). The molecular weight excluding hydrogens is 247 g/mol. The lowest BCUT2D eigenvalue weighted by Gasteiger charge is -2.26. The van der Waals surface area contributed by atoms with E-state index in [1.807, 2.05) is 0 Å². The summed E-state index contributed by atoms with van der Waals surface area (Å²) in [6.07, 6.45) is 0.673. The summed E-state index contributed by atoms with van der Waals surface area (Å²) in [6.45, 7) is 0. The lowest BCUT2D eigenvalue weighted by atomic mass is 9.97. The summed E-state index contributed by atoms with van der Waals surface area (Å²) < 4.78 is 38.8. The SMILES string of the molecule is O=C(NC(C1CCCC1)C(F)(F)F)c1cn[nH]c1. The summed E-state index contributed by atoms with van der Waals surface area (Å²) in [5.74, 6) is -1.25. The Morgan fingerprint density at radius 2 is 2.11 bits per heavy atom. The highest BCUT2D eigenvalue weighted by molar-refractivity contribution is 5.93. The molecule has 1 unspecified atom stereocenters. The van der Waals surface area contributed by atoms with E-state index in [-0.39, 0.29) is 5.56 Å². The second kappa shape index (κ2) is 4.99. The van der Waals surface area contributed by atoms with Crippen LogP contribution in [0.2, 0.25) is 0 Å². The fourth-order valence-electron chi connectivity index (χ4n) is 2.36. The van der Waals surface area contributed by atoms with E-state index < -0.39 is 24.0 Å². The van der Waals surface area contributed by atoms with Crippen molar-refractivity contribution in [1.82, 2.24) is 15.5 Å². The van der Waals surface area contributed by atoms with Crippen LogP contribution in [0, 0.1) is 5.92 Å². The molecule has 1 aliphatic carbocycles. The van der Waals surface area contributed by atoms with Gasteiger partial charge in [-0.05, 0) is 18.8 Å². The first-order valence-electron chi connectivity index (χ1n) is 5.85. The molecule has 4 nitrogen and oxygen atoms in total. The van der Waals surface area contributed by atoms with Gasteiger partial charge in [-0.15, -0.1) is 0 Å². The Balaban J connectivity index is 2.08. The third-order valence-corrected chi connectivity index (χ3v) is 3.27. The predicted molar refractivity (Wildman–Crippen MR) is 57.9 cm³/mol. The predicted octanol–water partition coefficient (Wildman–Crippen LogP) is 2.26. The molecule has 0 aromatic carbocycles. The van der Waals surface area contributed by atoms with Gasteiger partial charge in [0.15, 0.2) is 0 Å². The molecular formula is C11H14F3N3O. The number of rotatable bonds is 3. The number of nitrogens with one attached hydrogen (secondary N) is 2. The molecule has 100 valence electrons. The van der Waals surface area contributed by atoms with Crippen molar-refractivity contribution in [2.75, 3.05) is 0 Å². The van der Waals surface area contributed by atoms with E-state index in [2.05, 4.69) is 15.5 Å². The van der Waals surface area contributed by atoms with E-state index in [0.29, 0.717) is 12.8 Å². The zero-order valence-electron chi connectivity index (χ0n) is 9.63. The molecule has 1 saturated carbocycles. The molecule has 0 saturated heterocycles.